The van der Waals surface area contributed by atoms with E-state index < -0.39 is 18.3 Å². The Kier molecular flexibility index (Phi) is 3.66. The zero-order chi connectivity index (χ0) is 15.1. The van der Waals surface area contributed by atoms with E-state index >= 15 is 0 Å². The first-order valence-corrected chi connectivity index (χ1v) is 6.46. The minimum absolute atomic E-state index is 0.349. The predicted molar refractivity (Wildman–Crippen MR) is 77.3 cm³/mol. The summed E-state index contributed by atoms with van der Waals surface area (Å²) in [6.45, 7) is 6.61. The van der Waals surface area contributed by atoms with Crippen molar-refractivity contribution in [3.8, 4) is 0 Å². The van der Waals surface area contributed by atoms with Crippen molar-refractivity contribution in [2.45, 2.75) is 38.9 Å². The van der Waals surface area contributed by atoms with Gasteiger partial charge in [0.05, 0.1) is 11.2 Å². The van der Waals surface area contributed by atoms with Crippen molar-refractivity contribution >= 4 is 23.6 Å². The zero-order valence-corrected chi connectivity index (χ0v) is 12.1. The lowest BCUT2D eigenvalue weighted by Gasteiger charge is -2.38. The summed E-state index contributed by atoms with van der Waals surface area (Å²) in [6.07, 6.45) is 0. The Morgan fingerprint density at radius 2 is 1.85 bits per heavy atom. The molecule has 1 aromatic heterocycles. The maximum atomic E-state index is 13.1. The lowest BCUT2D eigenvalue weighted by atomic mass is 9.80. The number of rotatable bonds is 4. The molecule has 0 fully saturated rings. The van der Waals surface area contributed by atoms with Gasteiger partial charge in [-0.15, -0.1) is 0 Å². The summed E-state index contributed by atoms with van der Waals surface area (Å²) in [5.41, 5.74) is -1.06. The monoisotopic (exact) mass is 279 g/mol. The average Bonchev–Trinajstić information content (AvgIpc) is 2.69. The van der Waals surface area contributed by atoms with E-state index in [9.17, 15) is 14.5 Å². The molecule has 0 radical (unpaired) electrons. The van der Waals surface area contributed by atoms with Gasteiger partial charge < -0.3 is 19.8 Å². The van der Waals surface area contributed by atoms with Crippen LogP contribution in [0, 0.1) is 5.82 Å². The van der Waals surface area contributed by atoms with Crippen LogP contribution in [0.2, 0.25) is 0 Å². The molecule has 1 heterocycles. The van der Waals surface area contributed by atoms with Crippen molar-refractivity contribution in [1.29, 1.82) is 0 Å². The van der Waals surface area contributed by atoms with Crippen molar-refractivity contribution in [3.63, 3.8) is 0 Å². The second kappa shape index (κ2) is 4.88. The Balaban J connectivity index is 2.25. The maximum Gasteiger partial charge on any atom is 0.508 e. The molecule has 6 heteroatoms. The third-order valence-electron chi connectivity index (χ3n) is 3.75. The van der Waals surface area contributed by atoms with E-state index in [2.05, 4.69) is 4.98 Å². The zero-order valence-electron chi connectivity index (χ0n) is 12.1. The molecule has 0 amide bonds. The minimum Gasteiger partial charge on any atom is -0.422 e. The van der Waals surface area contributed by atoms with Crippen molar-refractivity contribution in [1.82, 2.24) is 4.98 Å². The molecule has 0 saturated heterocycles. The SMILES string of the molecule is CC(C)(O)C(C)(C)OB(O)c1cc2ccc(F)cc2[nH]1. The number of hydrogen-bond acceptors (Lipinski definition) is 3. The number of nitrogens with one attached hydrogen (secondary N) is 1. The van der Waals surface area contributed by atoms with Gasteiger partial charge in [0.25, 0.3) is 0 Å². The fourth-order valence-corrected chi connectivity index (χ4v) is 1.74. The normalized spacial score (nSPS) is 12.9. The van der Waals surface area contributed by atoms with Crippen LogP contribution in [0.4, 0.5) is 4.39 Å². The largest absolute Gasteiger partial charge is 0.508 e. The van der Waals surface area contributed by atoms with Crippen molar-refractivity contribution in [3.05, 3.63) is 30.1 Å². The molecule has 2 rings (SSSR count). The first-order chi connectivity index (χ1) is 9.10. The van der Waals surface area contributed by atoms with Crippen molar-refractivity contribution < 1.29 is 19.2 Å². The molecule has 1 aromatic carbocycles. The maximum absolute atomic E-state index is 13.1. The number of benzene rings is 1. The molecular weight excluding hydrogens is 260 g/mol. The van der Waals surface area contributed by atoms with E-state index in [0.29, 0.717) is 11.1 Å². The molecule has 3 N–H and O–H groups in total. The summed E-state index contributed by atoms with van der Waals surface area (Å²) >= 11 is 0. The third kappa shape index (κ3) is 2.87. The molecule has 108 valence electrons. The molecule has 0 saturated carbocycles. The van der Waals surface area contributed by atoms with Crippen molar-refractivity contribution in [2.24, 2.45) is 0 Å². The summed E-state index contributed by atoms with van der Waals surface area (Å²) in [5, 5.41) is 20.9. The standard InChI is InChI=1S/C14H19BFNO3/c1-13(2,18)14(3,4)20-15(19)12-7-9-5-6-10(16)8-11(9)17-12/h5-8,17-19H,1-4H3. The molecule has 0 aliphatic heterocycles. The average molecular weight is 279 g/mol. The fourth-order valence-electron chi connectivity index (χ4n) is 1.74. The van der Waals surface area contributed by atoms with Gasteiger partial charge in [0.2, 0.25) is 0 Å². The van der Waals surface area contributed by atoms with Crippen LogP contribution in [-0.2, 0) is 4.65 Å². The van der Waals surface area contributed by atoms with E-state index in [-0.39, 0.29) is 5.82 Å². The van der Waals surface area contributed by atoms with Gasteiger partial charge in [-0.1, -0.05) is 0 Å². The Bertz CT molecular complexity index is 618. The fraction of sp³-hybridized carbons (Fsp3) is 0.429. The molecule has 0 spiro atoms. The Labute approximate surface area is 117 Å². The number of halogens is 1. The Hall–Kier alpha value is -1.37. The molecule has 0 unspecified atom stereocenters. The van der Waals surface area contributed by atoms with Crippen LogP contribution in [0.3, 0.4) is 0 Å². The third-order valence-corrected chi connectivity index (χ3v) is 3.75. The van der Waals surface area contributed by atoms with Gasteiger partial charge in [-0.2, -0.15) is 0 Å². The van der Waals surface area contributed by atoms with Crippen LogP contribution >= 0.6 is 0 Å². The highest BCUT2D eigenvalue weighted by Crippen LogP contribution is 2.25. The van der Waals surface area contributed by atoms with E-state index in [0.717, 1.165) is 5.39 Å². The summed E-state index contributed by atoms with van der Waals surface area (Å²) < 4.78 is 18.7. The highest BCUT2D eigenvalue weighted by molar-refractivity contribution is 6.59. The molecule has 4 nitrogen and oxygen atoms in total. The van der Waals surface area contributed by atoms with E-state index in [1.54, 1.807) is 39.8 Å². The smallest absolute Gasteiger partial charge is 0.422 e. The van der Waals surface area contributed by atoms with Gasteiger partial charge in [0.15, 0.2) is 0 Å². The predicted octanol–water partition coefficient (Wildman–Crippen LogP) is 1.56. The summed E-state index contributed by atoms with van der Waals surface area (Å²) in [7, 11) is -1.23. The highest BCUT2D eigenvalue weighted by Gasteiger charge is 2.39. The molecule has 0 bridgehead atoms. The number of aliphatic hydroxyl groups is 1. The van der Waals surface area contributed by atoms with Crippen molar-refractivity contribution in [2.75, 3.05) is 0 Å². The molecule has 20 heavy (non-hydrogen) atoms. The van der Waals surface area contributed by atoms with Crippen LogP contribution < -0.4 is 5.59 Å². The number of fused-ring (bicyclic) bond motifs is 1. The second-order valence-corrected chi connectivity index (χ2v) is 6.00. The lowest BCUT2D eigenvalue weighted by molar-refractivity contribution is -0.0983. The van der Waals surface area contributed by atoms with Gasteiger partial charge in [-0.25, -0.2) is 4.39 Å². The van der Waals surface area contributed by atoms with Gasteiger partial charge in [0.1, 0.15) is 5.82 Å². The first-order valence-electron chi connectivity index (χ1n) is 6.46. The topological polar surface area (TPSA) is 65.5 Å². The number of aromatic nitrogens is 1. The number of aromatic amines is 1. The van der Waals surface area contributed by atoms with Gasteiger partial charge >= 0.3 is 7.12 Å². The molecular formula is C14H19BFNO3. The van der Waals surface area contributed by atoms with Crippen LogP contribution in [0.5, 0.6) is 0 Å². The van der Waals surface area contributed by atoms with E-state index in [4.69, 9.17) is 4.65 Å². The number of H-pyrrole nitrogens is 1. The second-order valence-electron chi connectivity index (χ2n) is 6.00. The van der Waals surface area contributed by atoms with Gasteiger partial charge in [-0.05, 0) is 57.3 Å². The Morgan fingerprint density at radius 3 is 2.45 bits per heavy atom. The summed E-state index contributed by atoms with van der Waals surface area (Å²) in [6, 6.07) is 6.03. The molecule has 0 aliphatic rings. The summed E-state index contributed by atoms with van der Waals surface area (Å²) in [4.78, 5) is 2.91. The van der Waals surface area contributed by atoms with Crippen LogP contribution in [0.1, 0.15) is 27.7 Å². The van der Waals surface area contributed by atoms with Crippen LogP contribution in [0.25, 0.3) is 10.9 Å². The minimum atomic E-state index is -1.23. The summed E-state index contributed by atoms with van der Waals surface area (Å²) in [5.74, 6) is -0.349. The van der Waals surface area contributed by atoms with Gasteiger partial charge in [0, 0.05) is 11.1 Å². The van der Waals surface area contributed by atoms with E-state index in [1.165, 1.54) is 12.1 Å². The first kappa shape index (κ1) is 15.0. The quantitative estimate of drug-likeness (QED) is 0.744. The lowest BCUT2D eigenvalue weighted by Crippen LogP contribution is -2.53. The highest BCUT2D eigenvalue weighted by atomic mass is 19.1. The molecule has 0 aliphatic carbocycles. The Morgan fingerprint density at radius 1 is 1.20 bits per heavy atom. The van der Waals surface area contributed by atoms with E-state index in [1.807, 2.05) is 0 Å². The van der Waals surface area contributed by atoms with Crippen LogP contribution in [-0.4, -0.2) is 33.4 Å². The van der Waals surface area contributed by atoms with Crippen LogP contribution in [0.15, 0.2) is 24.3 Å². The molecule has 2 aromatic rings. The number of hydrogen-bond donors (Lipinski definition) is 3. The molecule has 0 atom stereocenters. The van der Waals surface area contributed by atoms with Gasteiger partial charge in [-0.3, -0.25) is 0 Å².